The zero-order valence-electron chi connectivity index (χ0n) is 13.5. The molecule has 8 nitrogen and oxygen atoms in total. The third kappa shape index (κ3) is 2.87. The molecule has 0 radical (unpaired) electrons. The number of nitrogens with zero attached hydrogens (tertiary/aromatic N) is 2. The number of aromatic nitrogens is 2. The molecule has 4 atom stereocenters. The fourth-order valence-corrected chi connectivity index (χ4v) is 3.42. The van der Waals surface area contributed by atoms with Gasteiger partial charge in [0.05, 0.1) is 27.7 Å². The van der Waals surface area contributed by atoms with E-state index >= 15 is 0 Å². The number of ether oxygens (including phenoxy) is 1. The van der Waals surface area contributed by atoms with E-state index in [9.17, 15) is 20.4 Å². The van der Waals surface area contributed by atoms with E-state index in [2.05, 4.69) is 9.97 Å². The predicted molar refractivity (Wildman–Crippen MR) is 92.7 cm³/mol. The van der Waals surface area contributed by atoms with Gasteiger partial charge in [-0.05, 0) is 26.0 Å². The van der Waals surface area contributed by atoms with Crippen LogP contribution >= 0.6 is 23.2 Å². The highest BCUT2D eigenvalue weighted by Crippen LogP contribution is 2.38. The molecule has 1 aliphatic heterocycles. The molecule has 138 valence electrons. The molecule has 1 aromatic carbocycles. The lowest BCUT2D eigenvalue weighted by molar-refractivity contribution is -0.179. The summed E-state index contributed by atoms with van der Waals surface area (Å²) in [7, 11) is 0. The van der Waals surface area contributed by atoms with Crippen LogP contribution in [0.15, 0.2) is 12.1 Å². The second-order valence-electron chi connectivity index (χ2n) is 6.24. The standard InChI is InChI=1S/C15H19Cl2N3O5/c1-6(2)20(15(24)12(22)11(5-21)25-13(15)23)14-18-9-3-7(16)8(17)4-10(9)19-14/h3-4,6,11-13,21-24H,5H2,1-2H3,(H,18,19)/t11-,12-,13?,15+/m0/s1. The first kappa shape index (κ1) is 18.7. The summed E-state index contributed by atoms with van der Waals surface area (Å²) in [6, 6.07) is 2.77. The molecule has 3 rings (SSSR count). The fourth-order valence-electron chi connectivity index (χ4n) is 3.10. The maximum Gasteiger partial charge on any atom is 0.221 e. The van der Waals surface area contributed by atoms with Gasteiger partial charge in [-0.25, -0.2) is 4.98 Å². The van der Waals surface area contributed by atoms with E-state index in [4.69, 9.17) is 27.9 Å². The smallest absolute Gasteiger partial charge is 0.221 e. The number of fused-ring (bicyclic) bond motifs is 1. The number of hydrogen-bond acceptors (Lipinski definition) is 7. The summed E-state index contributed by atoms with van der Waals surface area (Å²) in [6.45, 7) is 2.94. The van der Waals surface area contributed by atoms with Crippen molar-refractivity contribution in [3.05, 3.63) is 22.2 Å². The number of anilines is 1. The zero-order chi connectivity index (χ0) is 18.5. The van der Waals surface area contributed by atoms with Crippen LogP contribution in [0.25, 0.3) is 11.0 Å². The maximum atomic E-state index is 11.0. The van der Waals surface area contributed by atoms with Crippen LogP contribution in [-0.4, -0.2) is 67.3 Å². The van der Waals surface area contributed by atoms with Gasteiger partial charge < -0.3 is 35.0 Å². The molecule has 25 heavy (non-hydrogen) atoms. The number of halogens is 2. The first-order valence-electron chi connectivity index (χ1n) is 7.69. The molecule has 2 heterocycles. The molecule has 10 heteroatoms. The van der Waals surface area contributed by atoms with Gasteiger partial charge in [0.15, 0.2) is 0 Å². The summed E-state index contributed by atoms with van der Waals surface area (Å²) in [6.07, 6.45) is -4.44. The number of aromatic amines is 1. The number of nitrogens with one attached hydrogen (secondary N) is 1. The van der Waals surface area contributed by atoms with Crippen LogP contribution in [0, 0.1) is 0 Å². The Kier molecular flexibility index (Phi) is 4.89. The van der Waals surface area contributed by atoms with Crippen LogP contribution in [0.1, 0.15) is 13.8 Å². The van der Waals surface area contributed by atoms with E-state index in [0.29, 0.717) is 21.1 Å². The average molecular weight is 392 g/mol. The molecule has 0 bridgehead atoms. The normalized spacial score (nSPS) is 29.7. The Hall–Kier alpha value is -1.13. The molecule has 1 aromatic heterocycles. The highest BCUT2D eigenvalue weighted by Gasteiger charge is 2.59. The molecular weight excluding hydrogens is 373 g/mol. The third-order valence-electron chi connectivity index (χ3n) is 4.28. The van der Waals surface area contributed by atoms with Gasteiger partial charge in [-0.2, -0.15) is 0 Å². The van der Waals surface area contributed by atoms with Crippen molar-refractivity contribution < 1.29 is 25.2 Å². The minimum absolute atomic E-state index is 0.186. The number of aliphatic hydroxyl groups is 4. The Morgan fingerprint density at radius 3 is 2.52 bits per heavy atom. The Labute approximate surface area is 153 Å². The van der Waals surface area contributed by atoms with Gasteiger partial charge in [0, 0.05) is 6.04 Å². The van der Waals surface area contributed by atoms with Gasteiger partial charge in [-0.1, -0.05) is 23.2 Å². The van der Waals surface area contributed by atoms with E-state index in [-0.39, 0.29) is 12.0 Å². The number of H-pyrrole nitrogens is 1. The van der Waals surface area contributed by atoms with Gasteiger partial charge in [0.1, 0.15) is 12.2 Å². The number of rotatable bonds is 4. The van der Waals surface area contributed by atoms with Gasteiger partial charge in [-0.3, -0.25) is 0 Å². The first-order valence-corrected chi connectivity index (χ1v) is 8.44. The predicted octanol–water partition coefficient (Wildman–Crippen LogP) is 0.843. The Morgan fingerprint density at radius 1 is 1.32 bits per heavy atom. The summed E-state index contributed by atoms with van der Waals surface area (Å²) in [5, 5.41) is 41.6. The van der Waals surface area contributed by atoms with Crippen LogP contribution in [0.5, 0.6) is 0 Å². The Morgan fingerprint density at radius 2 is 1.96 bits per heavy atom. The SMILES string of the molecule is CC(C)N(c1nc2cc(Cl)c(Cl)cc2[nH]1)[C@]1(O)C(O)O[C@@H](CO)[C@@H]1O. The summed E-state index contributed by atoms with van der Waals surface area (Å²) >= 11 is 12.0. The van der Waals surface area contributed by atoms with Crippen molar-refractivity contribution in [1.29, 1.82) is 0 Å². The molecular formula is C15H19Cl2N3O5. The highest BCUT2D eigenvalue weighted by atomic mass is 35.5. The number of aliphatic hydroxyl groups excluding tert-OH is 3. The Bertz CT molecular complexity index is 747. The second-order valence-corrected chi connectivity index (χ2v) is 7.06. The van der Waals surface area contributed by atoms with Crippen molar-refractivity contribution in [2.45, 2.75) is 44.1 Å². The number of imidazole rings is 1. The van der Waals surface area contributed by atoms with Crippen LogP contribution in [-0.2, 0) is 4.74 Å². The highest BCUT2D eigenvalue weighted by molar-refractivity contribution is 6.42. The summed E-state index contributed by atoms with van der Waals surface area (Å²) in [4.78, 5) is 8.67. The first-order chi connectivity index (χ1) is 11.7. The molecule has 0 saturated carbocycles. The lowest BCUT2D eigenvalue weighted by Crippen LogP contribution is -2.64. The fraction of sp³-hybridized carbons (Fsp3) is 0.533. The lowest BCUT2D eigenvalue weighted by atomic mass is 10.0. The van der Waals surface area contributed by atoms with E-state index in [1.807, 2.05) is 0 Å². The van der Waals surface area contributed by atoms with Gasteiger partial charge in [0.25, 0.3) is 0 Å². The van der Waals surface area contributed by atoms with Crippen LogP contribution < -0.4 is 4.90 Å². The summed E-state index contributed by atoms with van der Waals surface area (Å²) < 4.78 is 5.08. The topological polar surface area (TPSA) is 122 Å². The minimum Gasteiger partial charge on any atom is -0.394 e. The van der Waals surface area contributed by atoms with E-state index < -0.39 is 30.8 Å². The minimum atomic E-state index is -2.21. The van der Waals surface area contributed by atoms with Crippen molar-refractivity contribution in [3.8, 4) is 0 Å². The Balaban J connectivity index is 2.10. The van der Waals surface area contributed by atoms with Crippen molar-refractivity contribution >= 4 is 40.2 Å². The van der Waals surface area contributed by atoms with Crippen molar-refractivity contribution in [1.82, 2.24) is 9.97 Å². The van der Waals surface area contributed by atoms with Crippen molar-refractivity contribution in [2.24, 2.45) is 0 Å². The monoisotopic (exact) mass is 391 g/mol. The van der Waals surface area contributed by atoms with Gasteiger partial charge >= 0.3 is 0 Å². The molecule has 0 spiro atoms. The summed E-state index contributed by atoms with van der Waals surface area (Å²) in [5.74, 6) is 0.186. The lowest BCUT2D eigenvalue weighted by Gasteiger charge is -2.42. The van der Waals surface area contributed by atoms with Gasteiger partial charge in [-0.15, -0.1) is 0 Å². The average Bonchev–Trinajstić information content (AvgIpc) is 3.02. The molecule has 1 fully saturated rings. The third-order valence-corrected chi connectivity index (χ3v) is 5.00. The van der Waals surface area contributed by atoms with Crippen molar-refractivity contribution in [3.63, 3.8) is 0 Å². The van der Waals surface area contributed by atoms with Crippen LogP contribution in [0.3, 0.4) is 0 Å². The molecule has 2 aromatic rings. The molecule has 5 N–H and O–H groups in total. The molecule has 1 unspecified atom stereocenters. The molecule has 0 amide bonds. The largest absolute Gasteiger partial charge is 0.394 e. The van der Waals surface area contributed by atoms with Gasteiger partial charge in [0.2, 0.25) is 18.0 Å². The zero-order valence-corrected chi connectivity index (χ0v) is 15.0. The molecule has 1 saturated heterocycles. The summed E-state index contributed by atoms with van der Waals surface area (Å²) in [5.41, 5.74) is -1.14. The van der Waals surface area contributed by atoms with E-state index in [0.717, 1.165) is 0 Å². The van der Waals surface area contributed by atoms with Crippen LogP contribution in [0.2, 0.25) is 10.0 Å². The van der Waals surface area contributed by atoms with E-state index in [1.54, 1.807) is 26.0 Å². The van der Waals surface area contributed by atoms with E-state index in [1.165, 1.54) is 4.90 Å². The quantitative estimate of drug-likeness (QED) is 0.489. The van der Waals surface area contributed by atoms with Crippen LogP contribution in [0.4, 0.5) is 5.95 Å². The number of benzene rings is 1. The molecule has 0 aliphatic carbocycles. The number of hydrogen-bond donors (Lipinski definition) is 5. The maximum absolute atomic E-state index is 11.0. The van der Waals surface area contributed by atoms with Crippen molar-refractivity contribution in [2.75, 3.05) is 11.5 Å². The second kappa shape index (κ2) is 6.55. The molecule has 1 aliphatic rings.